The molecule has 2 aromatic carbocycles. The van der Waals surface area contributed by atoms with Crippen LogP contribution in [-0.4, -0.2) is 23.6 Å². The van der Waals surface area contributed by atoms with E-state index in [1.807, 2.05) is 12.1 Å². The lowest BCUT2D eigenvalue weighted by atomic mass is 9.78. The van der Waals surface area contributed by atoms with E-state index in [0.29, 0.717) is 17.9 Å². The Labute approximate surface area is 204 Å². The molecule has 0 aliphatic heterocycles. The summed E-state index contributed by atoms with van der Waals surface area (Å²) < 4.78 is 6.40. The molecule has 34 heavy (non-hydrogen) atoms. The van der Waals surface area contributed by atoms with Gasteiger partial charge < -0.3 is 15.2 Å². The van der Waals surface area contributed by atoms with E-state index in [1.54, 1.807) is 12.1 Å². The van der Waals surface area contributed by atoms with Gasteiger partial charge in [0.15, 0.2) is 0 Å². The Morgan fingerprint density at radius 3 is 1.82 bits per heavy atom. The first-order chi connectivity index (χ1) is 15.8. The number of carbonyl (C=O) groups is 2. The zero-order valence-electron chi connectivity index (χ0n) is 21.9. The molecule has 0 saturated heterocycles. The van der Waals surface area contributed by atoms with E-state index in [-0.39, 0.29) is 22.3 Å². The van der Waals surface area contributed by atoms with Crippen molar-refractivity contribution in [2.24, 2.45) is 0 Å². The molecule has 186 valence electrons. The second-order valence-electron chi connectivity index (χ2n) is 11.0. The number of rotatable bonds is 10. The molecule has 0 spiro atoms. The van der Waals surface area contributed by atoms with Gasteiger partial charge >= 0.3 is 5.97 Å². The van der Waals surface area contributed by atoms with Crippen LogP contribution in [0.1, 0.15) is 112 Å². The van der Waals surface area contributed by atoms with Gasteiger partial charge in [0.05, 0.1) is 12.2 Å². The van der Waals surface area contributed by atoms with Crippen LogP contribution in [0.5, 0.6) is 5.75 Å². The summed E-state index contributed by atoms with van der Waals surface area (Å²) in [5.41, 5.74) is 2.90. The fourth-order valence-corrected chi connectivity index (χ4v) is 3.81. The van der Waals surface area contributed by atoms with Crippen LogP contribution in [0.2, 0.25) is 0 Å². The SMILES string of the molecule is CCCCCCCOc1c(C(C)(C)C)cc(C(=O)Nc2ccc(C(=O)O)cc2)cc1C(C)(C)C. The molecular formula is C29H41NO4. The van der Waals surface area contributed by atoms with Crippen molar-refractivity contribution in [1.29, 1.82) is 0 Å². The Morgan fingerprint density at radius 1 is 0.824 bits per heavy atom. The van der Waals surface area contributed by atoms with Crippen LogP contribution >= 0.6 is 0 Å². The van der Waals surface area contributed by atoms with Crippen LogP contribution in [0.25, 0.3) is 0 Å². The fourth-order valence-electron chi connectivity index (χ4n) is 3.81. The largest absolute Gasteiger partial charge is 0.493 e. The normalized spacial score (nSPS) is 11.9. The molecule has 0 bridgehead atoms. The lowest BCUT2D eigenvalue weighted by Crippen LogP contribution is -2.23. The second-order valence-corrected chi connectivity index (χ2v) is 11.0. The highest BCUT2D eigenvalue weighted by molar-refractivity contribution is 6.05. The highest BCUT2D eigenvalue weighted by Gasteiger charge is 2.29. The van der Waals surface area contributed by atoms with Gasteiger partial charge in [-0.05, 0) is 53.6 Å². The number of aromatic carboxylic acids is 1. The Hall–Kier alpha value is -2.82. The molecule has 5 heteroatoms. The second kappa shape index (κ2) is 11.5. The van der Waals surface area contributed by atoms with Gasteiger partial charge in [-0.1, -0.05) is 74.1 Å². The predicted octanol–water partition coefficient (Wildman–Crippen LogP) is 7.58. The molecule has 0 aliphatic rings. The molecule has 0 radical (unpaired) electrons. The van der Waals surface area contributed by atoms with Crippen LogP contribution < -0.4 is 10.1 Å². The van der Waals surface area contributed by atoms with Crippen molar-refractivity contribution in [2.45, 2.75) is 91.4 Å². The number of ether oxygens (including phenoxy) is 1. The number of unbranched alkanes of at least 4 members (excludes halogenated alkanes) is 4. The number of hydrogen-bond acceptors (Lipinski definition) is 3. The zero-order valence-corrected chi connectivity index (χ0v) is 21.9. The zero-order chi connectivity index (χ0) is 25.5. The third-order valence-electron chi connectivity index (χ3n) is 5.85. The summed E-state index contributed by atoms with van der Waals surface area (Å²) >= 11 is 0. The molecule has 1 amide bonds. The van der Waals surface area contributed by atoms with Gasteiger partial charge in [0.1, 0.15) is 5.75 Å². The van der Waals surface area contributed by atoms with Crippen molar-refractivity contribution in [3.63, 3.8) is 0 Å². The summed E-state index contributed by atoms with van der Waals surface area (Å²) in [4.78, 5) is 24.3. The quantitative estimate of drug-likeness (QED) is 0.353. The Balaban J connectivity index is 2.37. The standard InChI is InChI=1S/C29H41NO4/c1-8-9-10-11-12-17-34-25-23(28(2,3)4)18-21(19-24(25)29(5,6)7)26(31)30-22-15-13-20(14-16-22)27(32)33/h13-16,18-19H,8-12,17H2,1-7H3,(H,30,31)(H,32,33). The molecule has 2 N–H and O–H groups in total. The third kappa shape index (κ3) is 7.61. The molecule has 2 rings (SSSR count). The van der Waals surface area contributed by atoms with E-state index >= 15 is 0 Å². The van der Waals surface area contributed by atoms with E-state index < -0.39 is 5.97 Å². The Bertz CT molecular complexity index is 944. The van der Waals surface area contributed by atoms with Gasteiger partial charge in [-0.15, -0.1) is 0 Å². The van der Waals surface area contributed by atoms with Crippen molar-refractivity contribution >= 4 is 17.6 Å². The number of carboxylic acid groups (broad SMARTS) is 1. The van der Waals surface area contributed by atoms with Crippen molar-refractivity contribution in [1.82, 2.24) is 0 Å². The number of hydrogen-bond donors (Lipinski definition) is 2. The maximum absolute atomic E-state index is 13.2. The maximum atomic E-state index is 13.2. The molecule has 0 unspecified atom stereocenters. The van der Waals surface area contributed by atoms with Crippen LogP contribution in [0, 0.1) is 0 Å². The molecule has 5 nitrogen and oxygen atoms in total. The van der Waals surface area contributed by atoms with Crippen molar-refractivity contribution in [2.75, 3.05) is 11.9 Å². The van der Waals surface area contributed by atoms with Gasteiger partial charge in [0.2, 0.25) is 0 Å². The maximum Gasteiger partial charge on any atom is 0.335 e. The monoisotopic (exact) mass is 467 g/mol. The number of carbonyl (C=O) groups excluding carboxylic acids is 1. The van der Waals surface area contributed by atoms with E-state index in [9.17, 15) is 9.59 Å². The molecule has 0 heterocycles. The molecule has 2 aromatic rings. The van der Waals surface area contributed by atoms with Gasteiger partial charge in [-0.2, -0.15) is 0 Å². The van der Waals surface area contributed by atoms with Gasteiger partial charge in [-0.25, -0.2) is 4.79 Å². The predicted molar refractivity (Wildman–Crippen MR) is 139 cm³/mol. The first-order valence-corrected chi connectivity index (χ1v) is 12.3. The highest BCUT2D eigenvalue weighted by Crippen LogP contribution is 2.41. The number of benzene rings is 2. The fraction of sp³-hybridized carbons (Fsp3) is 0.517. The Morgan fingerprint density at radius 2 is 1.35 bits per heavy atom. The summed E-state index contributed by atoms with van der Waals surface area (Å²) in [6.07, 6.45) is 5.87. The third-order valence-corrected chi connectivity index (χ3v) is 5.85. The summed E-state index contributed by atoms with van der Waals surface area (Å²) in [5.74, 6) is -0.341. The molecule has 0 atom stereocenters. The van der Waals surface area contributed by atoms with E-state index in [1.165, 1.54) is 31.4 Å². The van der Waals surface area contributed by atoms with Crippen molar-refractivity contribution in [3.05, 3.63) is 58.7 Å². The first-order valence-electron chi connectivity index (χ1n) is 12.3. The first kappa shape index (κ1) is 27.4. The number of anilines is 1. The minimum Gasteiger partial charge on any atom is -0.493 e. The van der Waals surface area contributed by atoms with Gasteiger partial charge in [0, 0.05) is 22.4 Å². The molecular weight excluding hydrogens is 426 g/mol. The van der Waals surface area contributed by atoms with E-state index in [2.05, 4.69) is 53.8 Å². The number of carboxylic acids is 1. The van der Waals surface area contributed by atoms with E-state index in [0.717, 1.165) is 29.7 Å². The number of amides is 1. The van der Waals surface area contributed by atoms with Crippen LogP contribution in [-0.2, 0) is 10.8 Å². The molecule has 0 fully saturated rings. The summed E-state index contributed by atoms with van der Waals surface area (Å²) in [6, 6.07) is 10.0. The number of nitrogens with one attached hydrogen (secondary N) is 1. The minimum absolute atomic E-state index is 0.180. The van der Waals surface area contributed by atoms with Gasteiger partial charge in [-0.3, -0.25) is 4.79 Å². The summed E-state index contributed by atoms with van der Waals surface area (Å²) in [7, 11) is 0. The average molecular weight is 468 g/mol. The molecule has 0 aliphatic carbocycles. The topological polar surface area (TPSA) is 75.6 Å². The average Bonchev–Trinajstić information content (AvgIpc) is 2.74. The lowest BCUT2D eigenvalue weighted by molar-refractivity contribution is 0.0696. The van der Waals surface area contributed by atoms with E-state index in [4.69, 9.17) is 9.84 Å². The summed E-state index contributed by atoms with van der Waals surface area (Å²) in [5, 5.41) is 12.0. The smallest absolute Gasteiger partial charge is 0.335 e. The van der Waals surface area contributed by atoms with Crippen molar-refractivity contribution < 1.29 is 19.4 Å². The molecule has 0 aromatic heterocycles. The van der Waals surface area contributed by atoms with Crippen molar-refractivity contribution in [3.8, 4) is 5.75 Å². The van der Waals surface area contributed by atoms with Crippen LogP contribution in [0.15, 0.2) is 36.4 Å². The van der Waals surface area contributed by atoms with Crippen LogP contribution in [0.3, 0.4) is 0 Å². The molecule has 0 saturated carbocycles. The summed E-state index contributed by atoms with van der Waals surface area (Å²) in [6.45, 7) is 15.7. The Kier molecular flexibility index (Phi) is 9.31. The minimum atomic E-state index is -0.997. The highest BCUT2D eigenvalue weighted by atomic mass is 16.5. The van der Waals surface area contributed by atoms with Gasteiger partial charge in [0.25, 0.3) is 5.91 Å². The van der Waals surface area contributed by atoms with Crippen LogP contribution in [0.4, 0.5) is 5.69 Å². The lowest BCUT2D eigenvalue weighted by Gasteiger charge is -2.30.